The number of nitriles is 1. The number of carbonyl (C=O) groups excluding carboxylic acids is 1. The summed E-state index contributed by atoms with van der Waals surface area (Å²) in [5.74, 6) is -0.326. The van der Waals surface area contributed by atoms with E-state index < -0.39 is 22.5 Å². The zero-order valence-electron chi connectivity index (χ0n) is 12.2. The molecule has 2 aromatic carbocycles. The molecule has 0 aliphatic heterocycles. The van der Waals surface area contributed by atoms with Crippen LogP contribution in [-0.2, 0) is 14.8 Å². The third-order valence-corrected chi connectivity index (χ3v) is 4.55. The summed E-state index contributed by atoms with van der Waals surface area (Å²) in [6.45, 7) is -0.406. The van der Waals surface area contributed by atoms with E-state index in [0.29, 0.717) is 11.3 Å². The van der Waals surface area contributed by atoms with Gasteiger partial charge < -0.3 is 4.74 Å². The third-order valence-electron chi connectivity index (χ3n) is 2.80. The first-order valence-electron chi connectivity index (χ1n) is 6.60. The topological polar surface area (TPSA) is 108 Å². The summed E-state index contributed by atoms with van der Waals surface area (Å²) in [5.41, 5.74) is 2.49. The first-order chi connectivity index (χ1) is 11.4. The number of hydrazine groups is 1. The van der Waals surface area contributed by atoms with Crippen LogP contribution in [0.1, 0.15) is 5.56 Å². The van der Waals surface area contributed by atoms with Gasteiger partial charge in [-0.15, -0.1) is 4.83 Å². The molecule has 0 fully saturated rings. The van der Waals surface area contributed by atoms with Crippen molar-refractivity contribution in [3.63, 3.8) is 0 Å². The van der Waals surface area contributed by atoms with Crippen molar-refractivity contribution in [3.8, 4) is 11.8 Å². The minimum absolute atomic E-state index is 0.0353. The van der Waals surface area contributed by atoms with Crippen molar-refractivity contribution in [1.82, 2.24) is 10.3 Å². The van der Waals surface area contributed by atoms with Crippen LogP contribution in [0.25, 0.3) is 0 Å². The molecule has 1 amide bonds. The van der Waals surface area contributed by atoms with Crippen LogP contribution in [0.4, 0.5) is 0 Å². The number of amides is 1. The number of nitrogens with one attached hydrogen (secondary N) is 2. The number of benzene rings is 2. The molecular weight excluding hydrogens is 354 g/mol. The van der Waals surface area contributed by atoms with Gasteiger partial charge in [-0.2, -0.15) is 5.26 Å². The number of hydrogen-bond donors (Lipinski definition) is 2. The second kappa shape index (κ2) is 7.79. The maximum absolute atomic E-state index is 12.0. The zero-order chi connectivity index (χ0) is 17.6. The van der Waals surface area contributed by atoms with Crippen molar-refractivity contribution < 1.29 is 17.9 Å². The molecule has 0 aliphatic rings. The molecule has 0 radical (unpaired) electrons. The molecule has 0 aliphatic carbocycles. The number of halogens is 1. The molecule has 0 aromatic heterocycles. The molecule has 0 unspecified atom stereocenters. The Bertz CT molecular complexity index is 876. The molecule has 9 heteroatoms. The van der Waals surface area contributed by atoms with E-state index in [4.69, 9.17) is 21.6 Å². The molecule has 0 spiro atoms. The minimum Gasteiger partial charge on any atom is -0.484 e. The summed E-state index contributed by atoms with van der Waals surface area (Å²) in [4.78, 5) is 13.4. The molecular formula is C15H12ClN3O4S. The highest BCUT2D eigenvalue weighted by Crippen LogP contribution is 2.19. The highest BCUT2D eigenvalue weighted by Gasteiger charge is 2.18. The quantitative estimate of drug-likeness (QED) is 0.756. The van der Waals surface area contributed by atoms with Crippen LogP contribution in [-0.4, -0.2) is 20.9 Å². The summed E-state index contributed by atoms with van der Waals surface area (Å²) >= 11 is 5.81. The van der Waals surface area contributed by atoms with E-state index in [1.54, 1.807) is 6.07 Å². The van der Waals surface area contributed by atoms with Gasteiger partial charge >= 0.3 is 0 Å². The van der Waals surface area contributed by atoms with Crippen LogP contribution >= 0.6 is 11.6 Å². The summed E-state index contributed by atoms with van der Waals surface area (Å²) < 4.78 is 29.2. The van der Waals surface area contributed by atoms with Crippen molar-refractivity contribution in [3.05, 3.63) is 59.1 Å². The van der Waals surface area contributed by atoms with Crippen LogP contribution in [0.2, 0.25) is 5.02 Å². The second-order valence-electron chi connectivity index (χ2n) is 4.51. The summed E-state index contributed by atoms with van der Waals surface area (Å²) in [6, 6.07) is 13.9. The lowest BCUT2D eigenvalue weighted by Gasteiger charge is -2.10. The standard InChI is InChI=1S/C15H12ClN3O4S/c16-13-3-1-2-4-14(13)24(21,22)19-18-15(20)10-23-12-7-5-11(9-17)6-8-12/h1-8,19H,10H2,(H,18,20). The summed E-state index contributed by atoms with van der Waals surface area (Å²) in [5, 5.41) is 8.71. The van der Waals surface area contributed by atoms with Crippen LogP contribution in [0.5, 0.6) is 5.75 Å². The van der Waals surface area contributed by atoms with Gasteiger partial charge in [-0.3, -0.25) is 10.2 Å². The Hall–Kier alpha value is -2.60. The minimum atomic E-state index is -3.98. The third kappa shape index (κ3) is 4.70. The van der Waals surface area contributed by atoms with Gasteiger partial charge in [0.05, 0.1) is 16.7 Å². The average molecular weight is 366 g/mol. The Labute approximate surface area is 143 Å². The summed E-state index contributed by atoms with van der Waals surface area (Å²) in [6.07, 6.45) is 0. The fourth-order valence-electron chi connectivity index (χ4n) is 1.65. The number of rotatable bonds is 6. The molecule has 7 nitrogen and oxygen atoms in total. The molecule has 124 valence electrons. The van der Waals surface area contributed by atoms with Crippen molar-refractivity contribution in [2.24, 2.45) is 0 Å². The van der Waals surface area contributed by atoms with Crippen molar-refractivity contribution in [2.45, 2.75) is 4.90 Å². The first kappa shape index (κ1) is 17.7. The van der Waals surface area contributed by atoms with E-state index >= 15 is 0 Å². The normalized spacial score (nSPS) is 10.7. The molecule has 2 aromatic rings. The SMILES string of the molecule is N#Cc1ccc(OCC(=O)NNS(=O)(=O)c2ccccc2Cl)cc1. The Kier molecular flexibility index (Phi) is 5.76. The lowest BCUT2D eigenvalue weighted by atomic mass is 10.2. The number of carbonyl (C=O) groups is 1. The van der Waals surface area contributed by atoms with E-state index in [1.165, 1.54) is 42.5 Å². The number of ether oxygens (including phenoxy) is 1. The molecule has 24 heavy (non-hydrogen) atoms. The predicted octanol–water partition coefficient (Wildman–Crippen LogP) is 1.60. The predicted molar refractivity (Wildman–Crippen MR) is 86.6 cm³/mol. The Morgan fingerprint density at radius 3 is 2.46 bits per heavy atom. The van der Waals surface area contributed by atoms with Crippen LogP contribution in [0, 0.1) is 11.3 Å². The van der Waals surface area contributed by atoms with Gasteiger partial charge in [0.1, 0.15) is 10.6 Å². The average Bonchev–Trinajstić information content (AvgIpc) is 2.59. The maximum atomic E-state index is 12.0. The largest absolute Gasteiger partial charge is 0.484 e. The zero-order valence-corrected chi connectivity index (χ0v) is 13.8. The lowest BCUT2D eigenvalue weighted by molar-refractivity contribution is -0.123. The monoisotopic (exact) mass is 365 g/mol. The maximum Gasteiger partial charge on any atom is 0.272 e. The van der Waals surface area contributed by atoms with E-state index in [-0.39, 0.29) is 9.92 Å². The lowest BCUT2D eigenvalue weighted by Crippen LogP contribution is -2.43. The van der Waals surface area contributed by atoms with Crippen molar-refractivity contribution in [2.75, 3.05) is 6.61 Å². The van der Waals surface area contributed by atoms with Gasteiger partial charge in [-0.05, 0) is 36.4 Å². The molecule has 0 saturated carbocycles. The van der Waals surface area contributed by atoms with Gasteiger partial charge in [-0.1, -0.05) is 23.7 Å². The summed E-state index contributed by atoms with van der Waals surface area (Å²) in [7, 11) is -3.98. The molecule has 0 bridgehead atoms. The molecule has 0 atom stereocenters. The molecule has 0 heterocycles. The fourth-order valence-corrected chi connectivity index (χ4v) is 3.03. The van der Waals surface area contributed by atoms with Crippen molar-refractivity contribution >= 4 is 27.5 Å². The fraction of sp³-hybridized carbons (Fsp3) is 0.0667. The van der Waals surface area contributed by atoms with E-state index in [1.807, 2.05) is 16.3 Å². The van der Waals surface area contributed by atoms with Gasteiger partial charge in [0, 0.05) is 0 Å². The van der Waals surface area contributed by atoms with Crippen LogP contribution < -0.4 is 15.0 Å². The van der Waals surface area contributed by atoms with Crippen LogP contribution in [0.3, 0.4) is 0 Å². The highest BCUT2D eigenvalue weighted by atomic mass is 35.5. The number of nitrogens with zero attached hydrogens (tertiary/aromatic N) is 1. The van der Waals surface area contributed by atoms with Gasteiger partial charge in [-0.25, -0.2) is 8.42 Å². The molecule has 2 rings (SSSR count). The van der Waals surface area contributed by atoms with E-state index in [0.717, 1.165) is 0 Å². The van der Waals surface area contributed by atoms with Gasteiger partial charge in [0.15, 0.2) is 6.61 Å². The van der Waals surface area contributed by atoms with Gasteiger partial charge in [0.25, 0.3) is 15.9 Å². The smallest absolute Gasteiger partial charge is 0.272 e. The van der Waals surface area contributed by atoms with Gasteiger partial charge in [0.2, 0.25) is 0 Å². The Balaban J connectivity index is 1.88. The van der Waals surface area contributed by atoms with E-state index in [9.17, 15) is 13.2 Å². The van der Waals surface area contributed by atoms with Crippen molar-refractivity contribution in [1.29, 1.82) is 5.26 Å². The first-order valence-corrected chi connectivity index (χ1v) is 8.46. The van der Waals surface area contributed by atoms with Crippen LogP contribution in [0.15, 0.2) is 53.4 Å². The Morgan fingerprint density at radius 1 is 1.17 bits per heavy atom. The number of sulfonamides is 1. The number of hydrogen-bond acceptors (Lipinski definition) is 5. The molecule has 0 saturated heterocycles. The highest BCUT2D eigenvalue weighted by molar-refractivity contribution is 7.89. The Morgan fingerprint density at radius 2 is 1.83 bits per heavy atom. The molecule has 2 N–H and O–H groups in total. The van der Waals surface area contributed by atoms with E-state index in [2.05, 4.69) is 0 Å². The second-order valence-corrected chi connectivity index (χ2v) is 6.57.